The number of nitrogens with zero attached hydrogens (tertiary/aromatic N) is 3. The first-order valence-electron chi connectivity index (χ1n) is 8.83. The summed E-state index contributed by atoms with van der Waals surface area (Å²) in [6.07, 6.45) is 3.55. The van der Waals surface area contributed by atoms with E-state index in [1.54, 1.807) is 6.20 Å². The minimum Gasteiger partial charge on any atom is -0.444 e. The molecule has 0 aromatic carbocycles. The normalized spacial score (nSPS) is 17.9. The number of carbonyl (C=O) groups excluding carboxylic acids is 1. The number of likely N-dealkylation sites (tertiary alicyclic amines) is 1. The summed E-state index contributed by atoms with van der Waals surface area (Å²) in [6, 6.07) is 8.14. The number of nitrogens with one attached hydrogen (secondary N) is 1. The fraction of sp³-hybridized carbons (Fsp3) is 0.526. The molecule has 1 aliphatic rings. The number of aromatic nitrogens is 2. The van der Waals surface area contributed by atoms with Crippen LogP contribution in [-0.4, -0.2) is 45.7 Å². The van der Waals surface area contributed by atoms with Gasteiger partial charge >= 0.3 is 6.09 Å². The van der Waals surface area contributed by atoms with E-state index in [4.69, 9.17) is 4.74 Å². The van der Waals surface area contributed by atoms with E-state index in [1.165, 1.54) is 0 Å². The quantitative estimate of drug-likeness (QED) is 0.925. The van der Waals surface area contributed by atoms with Crippen molar-refractivity contribution in [1.29, 1.82) is 0 Å². The molecule has 1 atom stereocenters. The van der Waals surface area contributed by atoms with E-state index in [0.717, 1.165) is 42.7 Å². The second-order valence-corrected chi connectivity index (χ2v) is 7.45. The van der Waals surface area contributed by atoms with Crippen LogP contribution < -0.4 is 5.32 Å². The van der Waals surface area contributed by atoms with E-state index < -0.39 is 5.60 Å². The Morgan fingerprint density at radius 1 is 1.36 bits per heavy atom. The van der Waals surface area contributed by atoms with Crippen molar-refractivity contribution in [3.05, 3.63) is 36.2 Å². The largest absolute Gasteiger partial charge is 0.444 e. The van der Waals surface area contributed by atoms with Crippen LogP contribution in [0.1, 0.15) is 39.3 Å². The van der Waals surface area contributed by atoms with Crippen LogP contribution in [0.4, 0.5) is 4.79 Å². The van der Waals surface area contributed by atoms with Crippen molar-refractivity contribution in [3.8, 4) is 0 Å². The van der Waals surface area contributed by atoms with E-state index in [9.17, 15) is 4.79 Å². The molecule has 25 heavy (non-hydrogen) atoms. The summed E-state index contributed by atoms with van der Waals surface area (Å²) in [5.74, 6) is 0. The molecule has 0 unspecified atom stereocenters. The Hall–Kier alpha value is -2.21. The molecule has 1 aliphatic heterocycles. The average molecular weight is 342 g/mol. The van der Waals surface area contributed by atoms with Crippen LogP contribution in [0.25, 0.3) is 11.0 Å². The fourth-order valence-corrected chi connectivity index (χ4v) is 3.07. The van der Waals surface area contributed by atoms with E-state index >= 15 is 0 Å². The highest BCUT2D eigenvalue weighted by Crippen LogP contribution is 2.20. The molecule has 0 aliphatic carbocycles. The highest BCUT2D eigenvalue weighted by Gasteiger charge is 2.31. The topological polar surface area (TPSA) is 67.3 Å². The SMILES string of the molecule is CC(C)(C)OC(=O)N1CCC[C@H]1CNCc1ccc2cccnc2n1. The van der Waals surface area contributed by atoms with E-state index in [1.807, 2.05) is 49.9 Å². The number of hydrogen-bond acceptors (Lipinski definition) is 5. The Morgan fingerprint density at radius 2 is 2.20 bits per heavy atom. The molecule has 0 saturated carbocycles. The lowest BCUT2D eigenvalue weighted by atomic mass is 10.2. The molecule has 1 fully saturated rings. The average Bonchev–Trinajstić information content (AvgIpc) is 3.02. The van der Waals surface area contributed by atoms with Crippen LogP contribution in [0.5, 0.6) is 0 Å². The summed E-state index contributed by atoms with van der Waals surface area (Å²) in [5.41, 5.74) is 1.26. The maximum absolute atomic E-state index is 12.3. The van der Waals surface area contributed by atoms with Crippen LogP contribution in [0, 0.1) is 0 Å². The van der Waals surface area contributed by atoms with Crippen molar-refractivity contribution in [2.75, 3.05) is 13.1 Å². The molecule has 1 N–H and O–H groups in total. The van der Waals surface area contributed by atoms with Crippen molar-refractivity contribution >= 4 is 17.1 Å². The molecule has 2 aromatic rings. The second-order valence-electron chi connectivity index (χ2n) is 7.45. The van der Waals surface area contributed by atoms with Crippen LogP contribution in [-0.2, 0) is 11.3 Å². The monoisotopic (exact) mass is 342 g/mol. The van der Waals surface area contributed by atoms with Gasteiger partial charge in [0.2, 0.25) is 0 Å². The number of rotatable bonds is 4. The van der Waals surface area contributed by atoms with Gasteiger partial charge in [-0.2, -0.15) is 0 Å². The number of ether oxygens (including phenoxy) is 1. The zero-order valence-corrected chi connectivity index (χ0v) is 15.2. The van der Waals surface area contributed by atoms with Crippen molar-refractivity contribution in [2.45, 2.75) is 51.8 Å². The van der Waals surface area contributed by atoms with Gasteiger partial charge in [-0.1, -0.05) is 0 Å². The lowest BCUT2D eigenvalue weighted by Crippen LogP contribution is -2.44. The number of fused-ring (bicyclic) bond motifs is 1. The van der Waals surface area contributed by atoms with Crippen molar-refractivity contribution < 1.29 is 9.53 Å². The lowest BCUT2D eigenvalue weighted by molar-refractivity contribution is 0.0226. The Balaban J connectivity index is 1.54. The summed E-state index contributed by atoms with van der Waals surface area (Å²) in [4.78, 5) is 23.0. The third kappa shape index (κ3) is 4.66. The fourth-order valence-electron chi connectivity index (χ4n) is 3.07. The van der Waals surface area contributed by atoms with Gasteiger partial charge in [0, 0.05) is 37.3 Å². The van der Waals surface area contributed by atoms with Gasteiger partial charge in [0.15, 0.2) is 5.65 Å². The first-order valence-corrected chi connectivity index (χ1v) is 8.83. The van der Waals surface area contributed by atoms with Gasteiger partial charge in [-0.25, -0.2) is 14.8 Å². The maximum atomic E-state index is 12.3. The molecule has 6 nitrogen and oxygen atoms in total. The van der Waals surface area contributed by atoms with E-state index in [0.29, 0.717) is 6.54 Å². The Bertz CT molecular complexity index is 742. The first-order chi connectivity index (χ1) is 11.9. The van der Waals surface area contributed by atoms with Crippen LogP contribution >= 0.6 is 0 Å². The minimum atomic E-state index is -0.459. The molecular weight excluding hydrogens is 316 g/mol. The summed E-state index contributed by atoms with van der Waals surface area (Å²) in [6.45, 7) is 7.85. The highest BCUT2D eigenvalue weighted by molar-refractivity contribution is 5.74. The van der Waals surface area contributed by atoms with Crippen molar-refractivity contribution in [3.63, 3.8) is 0 Å². The zero-order valence-electron chi connectivity index (χ0n) is 15.2. The lowest BCUT2D eigenvalue weighted by Gasteiger charge is -2.28. The van der Waals surface area contributed by atoms with Gasteiger partial charge in [-0.3, -0.25) is 0 Å². The van der Waals surface area contributed by atoms with Gasteiger partial charge in [0.25, 0.3) is 0 Å². The Labute approximate surface area is 148 Å². The molecule has 1 saturated heterocycles. The number of carbonyl (C=O) groups is 1. The number of hydrogen-bond donors (Lipinski definition) is 1. The molecule has 3 rings (SSSR count). The van der Waals surface area contributed by atoms with Gasteiger partial charge in [0.1, 0.15) is 5.60 Å². The molecule has 0 radical (unpaired) electrons. The van der Waals surface area contributed by atoms with Crippen molar-refractivity contribution in [2.24, 2.45) is 0 Å². The highest BCUT2D eigenvalue weighted by atomic mass is 16.6. The molecule has 134 valence electrons. The maximum Gasteiger partial charge on any atom is 0.410 e. The predicted octanol–water partition coefficient (Wildman–Crippen LogP) is 3.12. The molecule has 3 heterocycles. The minimum absolute atomic E-state index is 0.174. The summed E-state index contributed by atoms with van der Waals surface area (Å²) in [5, 5.41) is 4.46. The van der Waals surface area contributed by atoms with Gasteiger partial charge in [-0.15, -0.1) is 0 Å². The summed E-state index contributed by atoms with van der Waals surface area (Å²) < 4.78 is 5.50. The molecule has 6 heteroatoms. The summed E-state index contributed by atoms with van der Waals surface area (Å²) >= 11 is 0. The van der Waals surface area contributed by atoms with E-state index in [2.05, 4.69) is 15.3 Å². The van der Waals surface area contributed by atoms with Gasteiger partial charge < -0.3 is 15.0 Å². The molecular formula is C19H26N4O2. The van der Waals surface area contributed by atoms with Crippen LogP contribution in [0.3, 0.4) is 0 Å². The molecule has 0 bridgehead atoms. The van der Waals surface area contributed by atoms with Crippen LogP contribution in [0.2, 0.25) is 0 Å². The molecule has 1 amide bonds. The van der Waals surface area contributed by atoms with E-state index in [-0.39, 0.29) is 12.1 Å². The smallest absolute Gasteiger partial charge is 0.410 e. The van der Waals surface area contributed by atoms with Gasteiger partial charge in [-0.05, 0) is 57.9 Å². The molecule has 2 aromatic heterocycles. The predicted molar refractivity (Wildman–Crippen MR) is 97.2 cm³/mol. The summed E-state index contributed by atoms with van der Waals surface area (Å²) in [7, 11) is 0. The van der Waals surface area contributed by atoms with Gasteiger partial charge in [0.05, 0.1) is 5.69 Å². The number of pyridine rings is 2. The third-order valence-electron chi connectivity index (χ3n) is 4.21. The second kappa shape index (κ2) is 7.35. The standard InChI is InChI=1S/C19H26N4O2/c1-19(2,3)25-18(24)23-11-5-7-16(23)13-20-12-15-9-8-14-6-4-10-21-17(14)22-15/h4,6,8-10,16,20H,5,7,11-13H2,1-3H3/t16-/m0/s1. The first kappa shape index (κ1) is 17.6. The van der Waals surface area contributed by atoms with Crippen molar-refractivity contribution in [1.82, 2.24) is 20.2 Å². The molecule has 0 spiro atoms. The zero-order chi connectivity index (χ0) is 17.9. The number of amides is 1. The third-order valence-corrected chi connectivity index (χ3v) is 4.21. The Kier molecular flexibility index (Phi) is 5.18. The van der Waals surface area contributed by atoms with Crippen LogP contribution in [0.15, 0.2) is 30.5 Å². The Morgan fingerprint density at radius 3 is 3.00 bits per heavy atom.